The van der Waals surface area contributed by atoms with Crippen LogP contribution in [0.1, 0.15) is 65.7 Å². The van der Waals surface area contributed by atoms with Crippen LogP contribution in [0.3, 0.4) is 0 Å². The Hall–Kier alpha value is -4.85. The Balaban J connectivity index is 1.23. The summed E-state index contributed by atoms with van der Waals surface area (Å²) in [4.78, 5) is 62.3. The van der Waals surface area contributed by atoms with Gasteiger partial charge >= 0.3 is 12.3 Å². The topological polar surface area (TPSA) is 201 Å². The molecule has 1 aromatic heterocycles. The number of aromatic nitrogens is 1. The summed E-state index contributed by atoms with van der Waals surface area (Å²) in [6.07, 6.45) is -1.59. The second kappa shape index (κ2) is 15.9. The first-order chi connectivity index (χ1) is 28.2. The van der Waals surface area contributed by atoms with Gasteiger partial charge in [0, 0.05) is 23.8 Å². The molecular formula is C40H50F3N5O11S. The van der Waals surface area contributed by atoms with Gasteiger partial charge in [0.05, 0.1) is 38.7 Å². The van der Waals surface area contributed by atoms with Crippen molar-refractivity contribution in [2.24, 2.45) is 17.8 Å². The van der Waals surface area contributed by atoms with Gasteiger partial charge in [0.15, 0.2) is 0 Å². The average Bonchev–Trinajstić information content (AvgIpc) is 4.05. The number of benzene rings is 1. The van der Waals surface area contributed by atoms with Gasteiger partial charge in [-0.3, -0.25) is 19.1 Å². The van der Waals surface area contributed by atoms with Crippen molar-refractivity contribution in [3.05, 3.63) is 36.4 Å². The minimum atomic E-state index is -4.95. The number of hydrogen-bond donors (Lipinski definition) is 3. The van der Waals surface area contributed by atoms with Crippen LogP contribution in [0.25, 0.3) is 10.8 Å². The molecule has 4 fully saturated rings. The number of methoxy groups -OCH3 is 2. The number of alkyl halides is 3. The van der Waals surface area contributed by atoms with E-state index in [2.05, 4.69) is 20.3 Å². The molecule has 0 spiro atoms. The molecule has 4 amide bonds. The lowest BCUT2D eigenvalue weighted by Crippen LogP contribution is -2.65. The highest BCUT2D eigenvalue weighted by atomic mass is 32.2. The fraction of sp³-hybridized carbons (Fsp3) is 0.625. The number of ether oxygens (including phenoxy) is 5. The maximum Gasteiger partial charge on any atom is 0.433 e. The summed E-state index contributed by atoms with van der Waals surface area (Å²) < 4.78 is 96.4. The number of fused-ring (bicyclic) bond motifs is 3. The normalized spacial score (nSPS) is 30.5. The van der Waals surface area contributed by atoms with Gasteiger partial charge in [0.2, 0.25) is 33.6 Å². The van der Waals surface area contributed by atoms with Crippen LogP contribution in [0, 0.1) is 17.8 Å². The molecule has 7 rings (SSSR count). The summed E-state index contributed by atoms with van der Waals surface area (Å²) in [6.45, 7) is 3.07. The van der Waals surface area contributed by atoms with Gasteiger partial charge < -0.3 is 39.2 Å². The van der Waals surface area contributed by atoms with Gasteiger partial charge in [-0.2, -0.15) is 18.2 Å². The van der Waals surface area contributed by atoms with Crippen LogP contribution in [-0.2, 0) is 33.9 Å². The van der Waals surface area contributed by atoms with Crippen LogP contribution in [0.15, 0.2) is 36.4 Å². The average molecular weight is 866 g/mol. The fourth-order valence-electron chi connectivity index (χ4n) is 8.16. The van der Waals surface area contributed by atoms with Crippen LogP contribution >= 0.6 is 0 Å². The number of alkyl carbamates (subject to hydrolysis) is 1. The van der Waals surface area contributed by atoms with Crippen molar-refractivity contribution in [1.82, 2.24) is 25.2 Å². The molecule has 2 aliphatic carbocycles. The first-order valence-corrected chi connectivity index (χ1v) is 21.4. The van der Waals surface area contributed by atoms with Gasteiger partial charge in [0.25, 0.3) is 11.5 Å². The van der Waals surface area contributed by atoms with E-state index in [0.29, 0.717) is 48.6 Å². The molecule has 0 unspecified atom stereocenters. The van der Waals surface area contributed by atoms with Gasteiger partial charge in [-0.25, -0.2) is 13.2 Å². The summed E-state index contributed by atoms with van der Waals surface area (Å²) in [5.41, 5.74) is -4.56. The lowest BCUT2D eigenvalue weighted by Gasteiger charge is -2.41. The number of nitrogens with one attached hydrogen (secondary N) is 3. The Morgan fingerprint density at radius 3 is 2.43 bits per heavy atom. The number of rotatable bonds is 9. The molecule has 328 valence electrons. The van der Waals surface area contributed by atoms with E-state index in [-0.39, 0.29) is 37.1 Å². The summed E-state index contributed by atoms with van der Waals surface area (Å²) in [5.74, 6) is -2.95. The van der Waals surface area contributed by atoms with Crippen molar-refractivity contribution in [3.8, 4) is 17.5 Å². The predicted octanol–water partition coefficient (Wildman–Crippen LogP) is 3.91. The SMILES string of the molecule is COc1ccc2c(O[C@@H]3C[C@H]4C(=O)N[C@]5(C(=O)NS(=O)(=O)C6(C)CC6)C[C@H]5/C=C\CC[C@H](C)C[C@@H](C)[C@H](NC(=O)OC5(C(F)(F)F)COC5)C(=O)N4C3)nc(OC)cc2c1. The van der Waals surface area contributed by atoms with Crippen LogP contribution in [0.5, 0.6) is 17.5 Å². The monoisotopic (exact) mass is 865 g/mol. The fourth-order valence-corrected chi connectivity index (χ4v) is 9.47. The number of sulfonamides is 1. The summed E-state index contributed by atoms with van der Waals surface area (Å²) >= 11 is 0. The molecule has 1 aromatic carbocycles. The smallest absolute Gasteiger partial charge is 0.433 e. The lowest BCUT2D eigenvalue weighted by atomic mass is 9.88. The predicted molar refractivity (Wildman–Crippen MR) is 207 cm³/mol. The van der Waals surface area contributed by atoms with Crippen LogP contribution in [0.4, 0.5) is 18.0 Å². The zero-order valence-corrected chi connectivity index (χ0v) is 34.7. The molecule has 4 heterocycles. The van der Waals surface area contributed by atoms with Crippen molar-refractivity contribution in [3.63, 3.8) is 0 Å². The molecule has 2 saturated heterocycles. The number of amides is 4. The van der Waals surface area contributed by atoms with E-state index in [9.17, 15) is 40.8 Å². The zero-order chi connectivity index (χ0) is 43.4. The molecule has 0 radical (unpaired) electrons. The van der Waals surface area contributed by atoms with Gasteiger partial charge in [0.1, 0.15) is 29.5 Å². The standard InChI is InChI=1S/C40H50F3N5O11S/c1-22-8-6-7-9-25-18-39(25,35(51)47-60(53,54)37(3)12-13-37)46-32(49)29-17-27(58-33-28-11-10-26(55-4)15-24(28)16-30(44-33)56-5)19-48(29)34(50)31(23(2)14-22)45-36(52)59-38(20-57-21-38)40(41,42)43/h7,9-11,15-16,22-23,25,27,29,31H,6,8,12-14,17-21H2,1-5H3,(H,45,52)(H,46,49)(H,47,51)/b9-7-/t22-,23+,25+,27+,29-,31-,39+/m0/s1. The maximum absolute atomic E-state index is 14.9. The van der Waals surface area contributed by atoms with Crippen molar-refractivity contribution < 1.29 is 64.5 Å². The van der Waals surface area contributed by atoms with Crippen molar-refractivity contribution in [1.29, 1.82) is 0 Å². The molecule has 3 N–H and O–H groups in total. The van der Waals surface area contributed by atoms with Gasteiger partial charge in [-0.05, 0) is 80.9 Å². The highest BCUT2D eigenvalue weighted by molar-refractivity contribution is 7.91. The van der Waals surface area contributed by atoms with E-state index in [1.165, 1.54) is 26.0 Å². The largest absolute Gasteiger partial charge is 0.497 e. The van der Waals surface area contributed by atoms with Gasteiger partial charge in [-0.15, -0.1) is 0 Å². The minimum absolute atomic E-state index is 0.0580. The Morgan fingerprint density at radius 2 is 1.80 bits per heavy atom. The van der Waals surface area contributed by atoms with Crippen LogP contribution in [-0.4, -0.2) is 116 Å². The Bertz CT molecular complexity index is 2170. The highest BCUT2D eigenvalue weighted by Crippen LogP contribution is 2.48. The van der Waals surface area contributed by atoms with Gasteiger partial charge in [-0.1, -0.05) is 26.0 Å². The molecular weight excluding hydrogens is 816 g/mol. The third kappa shape index (κ3) is 8.28. The number of carbonyl (C=O) groups excluding carboxylic acids is 4. The number of allylic oxidation sites excluding steroid dienone is 1. The molecule has 0 bridgehead atoms. The van der Waals surface area contributed by atoms with Crippen LogP contribution < -0.4 is 29.6 Å². The van der Waals surface area contributed by atoms with E-state index in [1.54, 1.807) is 37.3 Å². The number of carbonyl (C=O) groups is 4. The van der Waals surface area contributed by atoms with Crippen molar-refractivity contribution >= 4 is 44.6 Å². The Morgan fingerprint density at radius 1 is 1.07 bits per heavy atom. The molecule has 7 atom stereocenters. The lowest BCUT2D eigenvalue weighted by molar-refractivity contribution is -0.331. The van der Waals surface area contributed by atoms with Crippen LogP contribution in [0.2, 0.25) is 0 Å². The molecule has 20 heteroatoms. The van der Waals surface area contributed by atoms with E-state index in [4.69, 9.17) is 23.7 Å². The number of hydrogen-bond acceptors (Lipinski definition) is 12. The third-order valence-electron chi connectivity index (χ3n) is 12.5. The summed E-state index contributed by atoms with van der Waals surface area (Å²) in [5, 5.41) is 6.38. The molecule has 2 aromatic rings. The highest BCUT2D eigenvalue weighted by Gasteiger charge is 2.65. The first kappa shape index (κ1) is 43.2. The number of pyridine rings is 1. The molecule has 60 heavy (non-hydrogen) atoms. The van der Waals surface area contributed by atoms with E-state index in [1.807, 2.05) is 13.0 Å². The second-order valence-corrected chi connectivity index (χ2v) is 19.2. The molecule has 16 nitrogen and oxygen atoms in total. The molecule has 3 aliphatic heterocycles. The number of nitrogens with zero attached hydrogens (tertiary/aromatic N) is 2. The summed E-state index contributed by atoms with van der Waals surface area (Å²) in [6, 6.07) is 4.00. The first-order valence-electron chi connectivity index (χ1n) is 19.9. The van der Waals surface area contributed by atoms with Crippen molar-refractivity contribution in [2.75, 3.05) is 34.0 Å². The maximum atomic E-state index is 14.9. The molecule has 5 aliphatic rings. The minimum Gasteiger partial charge on any atom is -0.497 e. The van der Waals surface area contributed by atoms with E-state index >= 15 is 0 Å². The molecule has 2 saturated carbocycles. The zero-order valence-electron chi connectivity index (χ0n) is 33.9. The van der Waals surface area contributed by atoms with E-state index in [0.717, 1.165) is 0 Å². The Kier molecular flexibility index (Phi) is 11.4. The third-order valence-corrected chi connectivity index (χ3v) is 14.6. The van der Waals surface area contributed by atoms with E-state index < -0.39 is 99.1 Å². The van der Waals surface area contributed by atoms with Crippen molar-refractivity contribution in [2.45, 2.75) is 106 Å². The number of halogens is 3. The summed E-state index contributed by atoms with van der Waals surface area (Å²) in [7, 11) is -1.16. The Labute approximate surface area is 345 Å². The second-order valence-electron chi connectivity index (χ2n) is 17.0. The quantitative estimate of drug-likeness (QED) is 0.308.